The van der Waals surface area contributed by atoms with Crippen molar-refractivity contribution < 1.29 is 9.47 Å². The number of hydrogen-bond acceptors (Lipinski definition) is 3. The summed E-state index contributed by atoms with van der Waals surface area (Å²) in [4.78, 5) is 0. The van der Waals surface area contributed by atoms with E-state index in [9.17, 15) is 0 Å². The van der Waals surface area contributed by atoms with Crippen LogP contribution in [0.25, 0.3) is 0 Å². The van der Waals surface area contributed by atoms with E-state index in [0.717, 1.165) is 36.5 Å². The van der Waals surface area contributed by atoms with E-state index in [4.69, 9.17) is 15.2 Å². The molecule has 0 saturated carbocycles. The molecule has 0 amide bonds. The maximum atomic E-state index is 6.01. The molecule has 0 saturated heterocycles. The number of benzene rings is 2. The number of ether oxygens (including phenoxy) is 2. The third-order valence-corrected chi connectivity index (χ3v) is 4.05. The van der Waals surface area contributed by atoms with E-state index in [-0.39, 0.29) is 0 Å². The van der Waals surface area contributed by atoms with Gasteiger partial charge in [0, 0.05) is 5.92 Å². The summed E-state index contributed by atoms with van der Waals surface area (Å²) in [6.45, 7) is 5.56. The molecule has 1 atom stereocenters. The maximum absolute atomic E-state index is 6.01. The standard InChI is InChI=1S/C20H27NO2/c1-4-11-23-19-8-5-16(6-9-19)13-18(14-21)17-7-10-20(22-3)15(2)12-17/h5-10,12,18H,4,11,13-14,21H2,1-3H3. The smallest absolute Gasteiger partial charge is 0.121 e. The summed E-state index contributed by atoms with van der Waals surface area (Å²) in [5.41, 5.74) is 9.70. The van der Waals surface area contributed by atoms with Gasteiger partial charge in [0.05, 0.1) is 13.7 Å². The van der Waals surface area contributed by atoms with Crippen LogP contribution in [0.15, 0.2) is 42.5 Å². The first kappa shape index (κ1) is 17.4. The van der Waals surface area contributed by atoms with E-state index in [1.165, 1.54) is 11.1 Å². The van der Waals surface area contributed by atoms with Crippen LogP contribution in [-0.4, -0.2) is 20.3 Å². The molecule has 0 aliphatic carbocycles. The second-order valence-corrected chi connectivity index (χ2v) is 5.86. The van der Waals surface area contributed by atoms with E-state index in [0.29, 0.717) is 12.5 Å². The number of hydrogen-bond donors (Lipinski definition) is 1. The topological polar surface area (TPSA) is 44.5 Å². The summed E-state index contributed by atoms with van der Waals surface area (Å²) in [5.74, 6) is 2.16. The van der Waals surface area contributed by atoms with Crippen molar-refractivity contribution >= 4 is 0 Å². The fourth-order valence-electron chi connectivity index (χ4n) is 2.72. The van der Waals surface area contributed by atoms with E-state index >= 15 is 0 Å². The first-order valence-electron chi connectivity index (χ1n) is 8.24. The van der Waals surface area contributed by atoms with Gasteiger partial charge in [-0.25, -0.2) is 0 Å². The summed E-state index contributed by atoms with van der Waals surface area (Å²) in [5, 5.41) is 0. The van der Waals surface area contributed by atoms with E-state index in [2.05, 4.69) is 38.1 Å². The van der Waals surface area contributed by atoms with E-state index in [1.54, 1.807) is 7.11 Å². The SMILES string of the molecule is CCCOc1ccc(CC(CN)c2ccc(OC)c(C)c2)cc1. The molecule has 2 aromatic carbocycles. The van der Waals surface area contributed by atoms with Crippen LogP contribution in [0.4, 0.5) is 0 Å². The molecule has 2 N–H and O–H groups in total. The van der Waals surface area contributed by atoms with Crippen LogP contribution in [0.2, 0.25) is 0 Å². The highest BCUT2D eigenvalue weighted by atomic mass is 16.5. The van der Waals surface area contributed by atoms with Gasteiger partial charge < -0.3 is 15.2 Å². The lowest BCUT2D eigenvalue weighted by molar-refractivity contribution is 0.317. The van der Waals surface area contributed by atoms with Crippen LogP contribution in [0.3, 0.4) is 0 Å². The molecule has 0 aromatic heterocycles. The first-order valence-corrected chi connectivity index (χ1v) is 8.24. The highest BCUT2D eigenvalue weighted by molar-refractivity contribution is 5.38. The molecule has 0 heterocycles. The summed E-state index contributed by atoms with van der Waals surface area (Å²) < 4.78 is 11.0. The normalized spacial score (nSPS) is 12.0. The monoisotopic (exact) mass is 313 g/mol. The lowest BCUT2D eigenvalue weighted by Crippen LogP contribution is -2.15. The Morgan fingerprint density at radius 3 is 2.39 bits per heavy atom. The minimum absolute atomic E-state index is 0.307. The van der Waals surface area contributed by atoms with Gasteiger partial charge in [0.2, 0.25) is 0 Å². The van der Waals surface area contributed by atoms with Crippen molar-refractivity contribution in [2.45, 2.75) is 32.6 Å². The highest BCUT2D eigenvalue weighted by Gasteiger charge is 2.12. The van der Waals surface area contributed by atoms with Crippen LogP contribution >= 0.6 is 0 Å². The molecule has 0 radical (unpaired) electrons. The average Bonchev–Trinajstić information content (AvgIpc) is 2.58. The summed E-state index contributed by atoms with van der Waals surface area (Å²) in [6.07, 6.45) is 1.95. The van der Waals surface area contributed by atoms with Gasteiger partial charge in [-0.2, -0.15) is 0 Å². The van der Waals surface area contributed by atoms with Crippen molar-refractivity contribution in [3.63, 3.8) is 0 Å². The Morgan fingerprint density at radius 1 is 1.09 bits per heavy atom. The Kier molecular flexibility index (Phi) is 6.48. The Bertz CT molecular complexity index is 608. The summed E-state index contributed by atoms with van der Waals surface area (Å²) in [6, 6.07) is 14.6. The number of aryl methyl sites for hydroxylation is 1. The van der Waals surface area contributed by atoms with Crippen molar-refractivity contribution in [3.8, 4) is 11.5 Å². The molecule has 0 aliphatic heterocycles. The summed E-state index contributed by atoms with van der Waals surface area (Å²) in [7, 11) is 1.70. The molecular weight excluding hydrogens is 286 g/mol. The molecule has 3 heteroatoms. The van der Waals surface area contributed by atoms with Crippen molar-refractivity contribution in [2.75, 3.05) is 20.3 Å². The van der Waals surface area contributed by atoms with Crippen LogP contribution < -0.4 is 15.2 Å². The Balaban J connectivity index is 2.08. The van der Waals surface area contributed by atoms with Crippen LogP contribution in [0, 0.1) is 6.92 Å². The van der Waals surface area contributed by atoms with Gasteiger partial charge in [-0.1, -0.05) is 31.2 Å². The van der Waals surface area contributed by atoms with Gasteiger partial charge >= 0.3 is 0 Å². The highest BCUT2D eigenvalue weighted by Crippen LogP contribution is 2.26. The molecule has 2 rings (SSSR count). The largest absolute Gasteiger partial charge is 0.496 e. The molecule has 0 fully saturated rings. The Labute approximate surface area is 139 Å². The Hall–Kier alpha value is -2.00. The van der Waals surface area contributed by atoms with Crippen molar-refractivity contribution in [2.24, 2.45) is 5.73 Å². The second kappa shape index (κ2) is 8.59. The zero-order valence-electron chi connectivity index (χ0n) is 14.3. The van der Waals surface area contributed by atoms with Crippen molar-refractivity contribution in [1.82, 2.24) is 0 Å². The molecule has 1 unspecified atom stereocenters. The minimum Gasteiger partial charge on any atom is -0.496 e. The Morgan fingerprint density at radius 2 is 1.83 bits per heavy atom. The molecule has 0 bridgehead atoms. The van der Waals surface area contributed by atoms with Gasteiger partial charge in [0.25, 0.3) is 0 Å². The van der Waals surface area contributed by atoms with Crippen molar-refractivity contribution in [1.29, 1.82) is 0 Å². The zero-order valence-corrected chi connectivity index (χ0v) is 14.3. The summed E-state index contributed by atoms with van der Waals surface area (Å²) >= 11 is 0. The lowest BCUT2D eigenvalue weighted by Gasteiger charge is -2.17. The fourth-order valence-corrected chi connectivity index (χ4v) is 2.72. The van der Waals surface area contributed by atoms with Crippen LogP contribution in [0.1, 0.15) is 36.0 Å². The maximum Gasteiger partial charge on any atom is 0.121 e. The van der Waals surface area contributed by atoms with Crippen molar-refractivity contribution in [3.05, 3.63) is 59.2 Å². The van der Waals surface area contributed by atoms with Crippen LogP contribution in [-0.2, 0) is 6.42 Å². The number of methoxy groups -OCH3 is 1. The average molecular weight is 313 g/mol. The zero-order chi connectivity index (χ0) is 16.7. The van der Waals surface area contributed by atoms with E-state index < -0.39 is 0 Å². The van der Waals surface area contributed by atoms with E-state index in [1.807, 2.05) is 18.2 Å². The fraction of sp³-hybridized carbons (Fsp3) is 0.400. The molecule has 2 aromatic rings. The van der Waals surface area contributed by atoms with Crippen LogP contribution in [0.5, 0.6) is 11.5 Å². The minimum atomic E-state index is 0.307. The molecule has 0 spiro atoms. The van der Waals surface area contributed by atoms with Gasteiger partial charge in [-0.3, -0.25) is 0 Å². The molecule has 124 valence electrons. The predicted molar refractivity (Wildman–Crippen MR) is 95.5 cm³/mol. The number of rotatable bonds is 8. The molecule has 3 nitrogen and oxygen atoms in total. The molecule has 23 heavy (non-hydrogen) atoms. The third-order valence-electron chi connectivity index (χ3n) is 4.05. The predicted octanol–water partition coefficient (Wildman–Crippen LogP) is 4.08. The van der Waals surface area contributed by atoms with Gasteiger partial charge in [0.1, 0.15) is 11.5 Å². The first-order chi connectivity index (χ1) is 11.2. The quantitative estimate of drug-likeness (QED) is 0.798. The van der Waals surface area contributed by atoms with Gasteiger partial charge in [0.15, 0.2) is 0 Å². The molecule has 0 aliphatic rings. The second-order valence-electron chi connectivity index (χ2n) is 5.86. The van der Waals surface area contributed by atoms with Gasteiger partial charge in [-0.05, 0) is 61.2 Å². The molecular formula is C20H27NO2. The number of nitrogens with two attached hydrogens (primary N) is 1. The lowest BCUT2D eigenvalue weighted by atomic mass is 9.91. The van der Waals surface area contributed by atoms with Gasteiger partial charge in [-0.15, -0.1) is 0 Å². The third kappa shape index (κ3) is 4.73.